The Morgan fingerprint density at radius 2 is 1.53 bits per heavy atom. The summed E-state index contributed by atoms with van der Waals surface area (Å²) in [6, 6.07) is 0. The number of hydrogen-bond acceptors (Lipinski definition) is 2. The van der Waals surface area contributed by atoms with Gasteiger partial charge in [-0.05, 0) is 10.8 Å². The quantitative estimate of drug-likeness (QED) is 0.773. The standard InChI is InChI=1S/C13H25NO3/c1-12(2,3)8-14(7)10(15)9(11(16)17)13(4,5)6/h9H,8H2,1-7H3,(H,16,17). The molecular weight excluding hydrogens is 218 g/mol. The maximum atomic E-state index is 12.2. The van der Waals surface area contributed by atoms with Crippen molar-refractivity contribution in [3.8, 4) is 0 Å². The number of nitrogens with zero attached hydrogens (tertiary/aromatic N) is 1. The van der Waals surface area contributed by atoms with E-state index in [1.54, 1.807) is 27.8 Å². The number of aliphatic carboxylic acids is 1. The van der Waals surface area contributed by atoms with Gasteiger partial charge in [-0.3, -0.25) is 9.59 Å². The summed E-state index contributed by atoms with van der Waals surface area (Å²) >= 11 is 0. The maximum Gasteiger partial charge on any atom is 0.316 e. The first-order valence-electron chi connectivity index (χ1n) is 5.84. The van der Waals surface area contributed by atoms with E-state index in [2.05, 4.69) is 0 Å². The number of hydrogen-bond donors (Lipinski definition) is 1. The first-order valence-corrected chi connectivity index (χ1v) is 5.84. The molecule has 0 aliphatic rings. The van der Waals surface area contributed by atoms with Crippen molar-refractivity contribution in [3.63, 3.8) is 0 Å². The summed E-state index contributed by atoms with van der Waals surface area (Å²) in [5.41, 5.74) is -0.611. The van der Waals surface area contributed by atoms with Gasteiger partial charge in [0, 0.05) is 13.6 Å². The molecule has 4 heteroatoms. The minimum Gasteiger partial charge on any atom is -0.481 e. The molecule has 0 aliphatic carbocycles. The largest absolute Gasteiger partial charge is 0.481 e. The van der Waals surface area contributed by atoms with Crippen molar-refractivity contribution in [1.82, 2.24) is 4.90 Å². The lowest BCUT2D eigenvalue weighted by atomic mass is 9.79. The first-order chi connectivity index (χ1) is 7.36. The molecule has 0 heterocycles. The van der Waals surface area contributed by atoms with E-state index in [-0.39, 0.29) is 11.3 Å². The van der Waals surface area contributed by atoms with Gasteiger partial charge in [-0.25, -0.2) is 0 Å². The van der Waals surface area contributed by atoms with Gasteiger partial charge in [-0.1, -0.05) is 41.5 Å². The summed E-state index contributed by atoms with van der Waals surface area (Å²) in [4.78, 5) is 24.9. The fourth-order valence-corrected chi connectivity index (χ4v) is 1.86. The van der Waals surface area contributed by atoms with Gasteiger partial charge in [0.25, 0.3) is 0 Å². The SMILES string of the molecule is CN(CC(C)(C)C)C(=O)C(C(=O)O)C(C)(C)C. The van der Waals surface area contributed by atoms with Crippen LogP contribution in [0, 0.1) is 16.7 Å². The number of carboxylic acids is 1. The summed E-state index contributed by atoms with van der Waals surface area (Å²) in [5, 5.41) is 9.18. The molecule has 1 N–H and O–H groups in total. The Bertz CT molecular complexity index is 297. The zero-order valence-electron chi connectivity index (χ0n) is 12.0. The van der Waals surface area contributed by atoms with Gasteiger partial charge >= 0.3 is 5.97 Å². The molecule has 100 valence electrons. The van der Waals surface area contributed by atoms with Crippen LogP contribution in [0.15, 0.2) is 0 Å². The van der Waals surface area contributed by atoms with Crippen LogP contribution < -0.4 is 0 Å². The molecule has 0 rings (SSSR count). The van der Waals surface area contributed by atoms with E-state index in [0.717, 1.165) is 0 Å². The lowest BCUT2D eigenvalue weighted by molar-refractivity contribution is -0.156. The molecule has 0 spiro atoms. The average Bonchev–Trinajstić information content (AvgIpc) is 1.96. The van der Waals surface area contributed by atoms with Crippen molar-refractivity contribution < 1.29 is 14.7 Å². The summed E-state index contributed by atoms with van der Waals surface area (Å²) in [5.74, 6) is -2.36. The number of amides is 1. The molecule has 0 bridgehead atoms. The van der Waals surface area contributed by atoms with Crippen LogP contribution in [-0.2, 0) is 9.59 Å². The van der Waals surface area contributed by atoms with Gasteiger partial charge < -0.3 is 10.0 Å². The van der Waals surface area contributed by atoms with Crippen LogP contribution in [0.4, 0.5) is 0 Å². The third-order valence-electron chi connectivity index (χ3n) is 2.45. The molecule has 17 heavy (non-hydrogen) atoms. The molecule has 1 atom stereocenters. The van der Waals surface area contributed by atoms with E-state index in [1.807, 2.05) is 20.8 Å². The van der Waals surface area contributed by atoms with Crippen LogP contribution in [0.25, 0.3) is 0 Å². The van der Waals surface area contributed by atoms with Gasteiger partial charge in [-0.15, -0.1) is 0 Å². The zero-order chi connectivity index (χ0) is 14.0. The summed E-state index contributed by atoms with van der Waals surface area (Å²) < 4.78 is 0. The maximum absolute atomic E-state index is 12.2. The number of carbonyl (C=O) groups is 2. The van der Waals surface area contributed by atoms with Crippen LogP contribution in [0.5, 0.6) is 0 Å². The van der Waals surface area contributed by atoms with Gasteiger partial charge in [0.15, 0.2) is 0 Å². The summed E-state index contributed by atoms with van der Waals surface area (Å²) in [7, 11) is 1.66. The lowest BCUT2D eigenvalue weighted by Crippen LogP contribution is -2.45. The Balaban J connectivity index is 4.94. The molecule has 0 aromatic rings. The van der Waals surface area contributed by atoms with Crippen LogP contribution in [0.1, 0.15) is 41.5 Å². The number of carbonyl (C=O) groups excluding carboxylic acids is 1. The molecule has 0 radical (unpaired) electrons. The zero-order valence-corrected chi connectivity index (χ0v) is 12.0. The molecule has 0 aliphatic heterocycles. The summed E-state index contributed by atoms with van der Waals surface area (Å²) in [6.07, 6.45) is 0. The van der Waals surface area contributed by atoms with Crippen molar-refractivity contribution in [1.29, 1.82) is 0 Å². The Morgan fingerprint density at radius 1 is 1.12 bits per heavy atom. The molecule has 0 fully saturated rings. The Kier molecular flexibility index (Phi) is 4.75. The van der Waals surface area contributed by atoms with Crippen molar-refractivity contribution in [2.75, 3.05) is 13.6 Å². The van der Waals surface area contributed by atoms with E-state index >= 15 is 0 Å². The van der Waals surface area contributed by atoms with E-state index in [4.69, 9.17) is 0 Å². The molecular formula is C13H25NO3. The molecule has 4 nitrogen and oxygen atoms in total. The Hall–Kier alpha value is -1.06. The van der Waals surface area contributed by atoms with Crippen LogP contribution in [-0.4, -0.2) is 35.5 Å². The highest BCUT2D eigenvalue weighted by Gasteiger charge is 2.39. The molecule has 0 aromatic heterocycles. The molecule has 0 aromatic carbocycles. The van der Waals surface area contributed by atoms with Gasteiger partial charge in [-0.2, -0.15) is 0 Å². The highest BCUT2D eigenvalue weighted by atomic mass is 16.4. The van der Waals surface area contributed by atoms with Crippen molar-refractivity contribution in [3.05, 3.63) is 0 Å². The third-order valence-corrected chi connectivity index (χ3v) is 2.45. The Labute approximate surface area is 104 Å². The minimum absolute atomic E-state index is 0.0364. The monoisotopic (exact) mass is 243 g/mol. The molecule has 1 amide bonds. The normalized spacial score (nSPS) is 14.3. The predicted molar refractivity (Wildman–Crippen MR) is 67.7 cm³/mol. The van der Waals surface area contributed by atoms with Crippen LogP contribution in [0.3, 0.4) is 0 Å². The molecule has 0 saturated heterocycles. The van der Waals surface area contributed by atoms with Crippen molar-refractivity contribution in [2.24, 2.45) is 16.7 Å². The number of carboxylic acid groups (broad SMARTS) is 1. The second-order valence-corrected chi connectivity index (χ2v) is 6.89. The molecule has 0 saturated carbocycles. The van der Waals surface area contributed by atoms with E-state index in [9.17, 15) is 14.7 Å². The second kappa shape index (κ2) is 5.07. The van der Waals surface area contributed by atoms with E-state index < -0.39 is 17.3 Å². The second-order valence-electron chi connectivity index (χ2n) is 6.89. The third kappa shape index (κ3) is 5.20. The smallest absolute Gasteiger partial charge is 0.316 e. The highest BCUT2D eigenvalue weighted by Crippen LogP contribution is 2.28. The summed E-state index contributed by atoms with van der Waals surface area (Å²) in [6.45, 7) is 11.9. The van der Waals surface area contributed by atoms with Crippen molar-refractivity contribution in [2.45, 2.75) is 41.5 Å². The van der Waals surface area contributed by atoms with Crippen LogP contribution >= 0.6 is 0 Å². The van der Waals surface area contributed by atoms with Gasteiger partial charge in [0.05, 0.1) is 0 Å². The lowest BCUT2D eigenvalue weighted by Gasteiger charge is -2.33. The topological polar surface area (TPSA) is 57.6 Å². The Morgan fingerprint density at radius 3 is 1.76 bits per heavy atom. The van der Waals surface area contributed by atoms with Crippen molar-refractivity contribution >= 4 is 11.9 Å². The van der Waals surface area contributed by atoms with Gasteiger partial charge in [0.1, 0.15) is 5.92 Å². The molecule has 1 unspecified atom stereocenters. The number of rotatable bonds is 3. The fraction of sp³-hybridized carbons (Fsp3) is 0.846. The highest BCUT2D eigenvalue weighted by molar-refractivity contribution is 5.97. The minimum atomic E-state index is -1.05. The van der Waals surface area contributed by atoms with Crippen LogP contribution in [0.2, 0.25) is 0 Å². The van der Waals surface area contributed by atoms with E-state index in [1.165, 1.54) is 4.90 Å². The van der Waals surface area contributed by atoms with E-state index in [0.29, 0.717) is 6.54 Å². The fourth-order valence-electron chi connectivity index (χ4n) is 1.86. The van der Waals surface area contributed by atoms with Gasteiger partial charge in [0.2, 0.25) is 5.91 Å². The predicted octanol–water partition coefficient (Wildman–Crippen LogP) is 2.24. The average molecular weight is 243 g/mol. The first kappa shape index (κ1) is 15.9.